The molecule has 0 atom stereocenters. The third-order valence-corrected chi connectivity index (χ3v) is 1.62. The van der Waals surface area contributed by atoms with E-state index < -0.39 is 11.6 Å². The Morgan fingerprint density at radius 3 is 2.50 bits per heavy atom. The van der Waals surface area contributed by atoms with Crippen LogP contribution in [0.15, 0.2) is 18.7 Å². The first-order valence-electron chi connectivity index (χ1n) is 4.32. The van der Waals surface area contributed by atoms with Gasteiger partial charge in [-0.25, -0.2) is 8.78 Å². The van der Waals surface area contributed by atoms with E-state index in [2.05, 4.69) is 6.58 Å². The van der Waals surface area contributed by atoms with Gasteiger partial charge in [-0.2, -0.15) is 0 Å². The van der Waals surface area contributed by atoms with Gasteiger partial charge in [0, 0.05) is 12.1 Å². The molecule has 0 saturated heterocycles. The summed E-state index contributed by atoms with van der Waals surface area (Å²) in [4.78, 5) is 0. The first-order valence-corrected chi connectivity index (χ1v) is 4.32. The molecule has 1 nitrogen and oxygen atoms in total. The zero-order valence-electron chi connectivity index (χ0n) is 8.18. The second kappa shape index (κ2) is 4.22. The van der Waals surface area contributed by atoms with Gasteiger partial charge in [-0.05, 0) is 13.8 Å². The highest BCUT2D eigenvalue weighted by atomic mass is 19.1. The lowest BCUT2D eigenvalue weighted by Gasteiger charge is -2.12. The van der Waals surface area contributed by atoms with Gasteiger partial charge in [0.05, 0.1) is 11.7 Å². The Hall–Kier alpha value is -1.38. The summed E-state index contributed by atoms with van der Waals surface area (Å²) in [5.74, 6) is -1.12. The van der Waals surface area contributed by atoms with Crippen molar-refractivity contribution in [3.8, 4) is 5.75 Å². The first-order chi connectivity index (χ1) is 6.54. The third kappa shape index (κ3) is 2.31. The average molecular weight is 198 g/mol. The molecule has 1 aromatic rings. The zero-order chi connectivity index (χ0) is 10.7. The van der Waals surface area contributed by atoms with Crippen molar-refractivity contribution in [3.05, 3.63) is 35.9 Å². The van der Waals surface area contributed by atoms with Crippen molar-refractivity contribution in [2.24, 2.45) is 0 Å². The van der Waals surface area contributed by atoms with Crippen LogP contribution >= 0.6 is 0 Å². The molecule has 14 heavy (non-hydrogen) atoms. The highest BCUT2D eigenvalue weighted by molar-refractivity contribution is 5.56. The Balaban J connectivity index is 3.17. The third-order valence-electron chi connectivity index (χ3n) is 1.62. The summed E-state index contributed by atoms with van der Waals surface area (Å²) in [5.41, 5.74) is 0.195. The lowest BCUT2D eigenvalue weighted by molar-refractivity contribution is 0.239. The maximum atomic E-state index is 13.2. The highest BCUT2D eigenvalue weighted by Gasteiger charge is 2.10. The van der Waals surface area contributed by atoms with Crippen LogP contribution in [0.25, 0.3) is 6.08 Å². The van der Waals surface area contributed by atoms with E-state index >= 15 is 0 Å². The maximum Gasteiger partial charge on any atom is 0.137 e. The first kappa shape index (κ1) is 10.7. The molecule has 0 unspecified atom stereocenters. The molecular weight excluding hydrogens is 186 g/mol. The van der Waals surface area contributed by atoms with Crippen molar-refractivity contribution < 1.29 is 13.5 Å². The fraction of sp³-hybridized carbons (Fsp3) is 0.273. The van der Waals surface area contributed by atoms with Crippen LogP contribution in [0.5, 0.6) is 5.75 Å². The van der Waals surface area contributed by atoms with Crippen LogP contribution in [0.3, 0.4) is 0 Å². The minimum atomic E-state index is -0.657. The molecule has 0 aromatic heterocycles. The summed E-state index contributed by atoms with van der Waals surface area (Å²) < 4.78 is 31.3. The maximum absolute atomic E-state index is 13.2. The van der Waals surface area contributed by atoms with E-state index in [4.69, 9.17) is 4.74 Å². The van der Waals surface area contributed by atoms with Gasteiger partial charge in [0.25, 0.3) is 0 Å². The van der Waals surface area contributed by atoms with E-state index in [1.165, 1.54) is 6.08 Å². The quantitative estimate of drug-likeness (QED) is 0.723. The summed E-state index contributed by atoms with van der Waals surface area (Å²) in [5, 5.41) is 0. The monoisotopic (exact) mass is 198 g/mol. The largest absolute Gasteiger partial charge is 0.490 e. The van der Waals surface area contributed by atoms with Crippen molar-refractivity contribution in [1.82, 2.24) is 0 Å². The molecule has 0 fully saturated rings. The fourth-order valence-electron chi connectivity index (χ4n) is 1.11. The molecular formula is C11H12F2O. The van der Waals surface area contributed by atoms with E-state index in [0.29, 0.717) is 0 Å². The molecule has 0 aliphatic rings. The van der Waals surface area contributed by atoms with Gasteiger partial charge in [-0.3, -0.25) is 0 Å². The van der Waals surface area contributed by atoms with E-state index in [1.54, 1.807) is 13.8 Å². The second-order valence-electron chi connectivity index (χ2n) is 3.17. The van der Waals surface area contributed by atoms with Crippen LogP contribution in [0.1, 0.15) is 19.4 Å². The Labute approximate surface area is 82.0 Å². The Morgan fingerprint density at radius 1 is 1.36 bits per heavy atom. The van der Waals surface area contributed by atoms with Crippen molar-refractivity contribution in [2.45, 2.75) is 20.0 Å². The molecule has 0 amide bonds. The van der Waals surface area contributed by atoms with Crippen LogP contribution in [0.2, 0.25) is 0 Å². The number of ether oxygens (including phenoxy) is 1. The molecule has 0 radical (unpaired) electrons. The predicted octanol–water partition coefficient (Wildman–Crippen LogP) is 3.40. The van der Waals surface area contributed by atoms with Gasteiger partial charge < -0.3 is 4.74 Å². The Bertz CT molecular complexity index is 345. The molecule has 76 valence electrons. The van der Waals surface area contributed by atoms with Gasteiger partial charge in [0.2, 0.25) is 0 Å². The molecule has 0 aliphatic heterocycles. The average Bonchev–Trinajstić information content (AvgIpc) is 2.01. The fourth-order valence-corrected chi connectivity index (χ4v) is 1.11. The highest BCUT2D eigenvalue weighted by Crippen LogP contribution is 2.25. The van der Waals surface area contributed by atoms with Crippen molar-refractivity contribution in [3.63, 3.8) is 0 Å². The molecule has 1 aromatic carbocycles. The molecule has 0 N–H and O–H groups in total. The van der Waals surface area contributed by atoms with Crippen molar-refractivity contribution in [2.75, 3.05) is 0 Å². The zero-order valence-corrected chi connectivity index (χ0v) is 8.18. The second-order valence-corrected chi connectivity index (χ2v) is 3.17. The summed E-state index contributed by atoms with van der Waals surface area (Å²) in [6.07, 6.45) is 1.18. The van der Waals surface area contributed by atoms with Crippen LogP contribution < -0.4 is 4.74 Å². The molecule has 0 saturated carbocycles. The van der Waals surface area contributed by atoms with Gasteiger partial charge in [-0.15, -0.1) is 0 Å². The predicted molar refractivity (Wildman–Crippen MR) is 52.2 cm³/mol. The smallest absolute Gasteiger partial charge is 0.137 e. The molecule has 0 spiro atoms. The summed E-state index contributed by atoms with van der Waals surface area (Å²) in [7, 11) is 0. The van der Waals surface area contributed by atoms with Crippen LogP contribution in [-0.2, 0) is 0 Å². The van der Waals surface area contributed by atoms with E-state index in [1.807, 2.05) is 0 Å². The molecule has 0 heterocycles. The van der Waals surface area contributed by atoms with Crippen molar-refractivity contribution in [1.29, 1.82) is 0 Å². The normalized spacial score (nSPS) is 10.4. The molecule has 0 aliphatic carbocycles. The van der Waals surface area contributed by atoms with Gasteiger partial charge in [0.15, 0.2) is 0 Å². The van der Waals surface area contributed by atoms with E-state index in [9.17, 15) is 8.78 Å². The van der Waals surface area contributed by atoms with Crippen LogP contribution in [0.4, 0.5) is 8.78 Å². The minimum Gasteiger partial charge on any atom is -0.490 e. The van der Waals surface area contributed by atoms with E-state index in [-0.39, 0.29) is 17.4 Å². The molecule has 3 heteroatoms. The van der Waals surface area contributed by atoms with Gasteiger partial charge >= 0.3 is 0 Å². The number of hydrogen-bond donors (Lipinski definition) is 0. The number of rotatable bonds is 3. The SMILES string of the molecule is C=Cc1c(F)cc(F)cc1OC(C)C. The Morgan fingerprint density at radius 2 is 2.00 bits per heavy atom. The summed E-state index contributed by atoms with van der Waals surface area (Å²) in [6, 6.07) is 1.96. The topological polar surface area (TPSA) is 9.23 Å². The standard InChI is InChI=1S/C11H12F2O/c1-4-9-10(13)5-8(12)6-11(9)14-7(2)3/h4-7H,1H2,2-3H3. The van der Waals surface area contributed by atoms with Gasteiger partial charge in [-0.1, -0.05) is 12.7 Å². The number of hydrogen-bond acceptors (Lipinski definition) is 1. The number of benzene rings is 1. The lowest BCUT2D eigenvalue weighted by atomic mass is 10.2. The minimum absolute atomic E-state index is 0.130. The summed E-state index contributed by atoms with van der Waals surface area (Å²) in [6.45, 7) is 7.02. The van der Waals surface area contributed by atoms with E-state index in [0.717, 1.165) is 12.1 Å². The van der Waals surface area contributed by atoms with Crippen LogP contribution in [-0.4, -0.2) is 6.10 Å². The Kier molecular flexibility index (Phi) is 3.23. The lowest BCUT2D eigenvalue weighted by Crippen LogP contribution is -2.07. The number of halogens is 2. The van der Waals surface area contributed by atoms with Crippen molar-refractivity contribution >= 4 is 6.08 Å². The van der Waals surface area contributed by atoms with Gasteiger partial charge in [0.1, 0.15) is 17.4 Å². The summed E-state index contributed by atoms with van der Waals surface area (Å²) >= 11 is 0. The molecule has 0 bridgehead atoms. The van der Waals surface area contributed by atoms with Crippen LogP contribution in [0, 0.1) is 11.6 Å². The molecule has 1 rings (SSSR count).